The predicted octanol–water partition coefficient (Wildman–Crippen LogP) is 0.721. The van der Waals surface area contributed by atoms with Gasteiger partial charge in [-0.1, -0.05) is 0 Å². The number of ether oxygens (including phenoxy) is 3. The standard InChI is InChI=1S/C9H15NO3/c1-8(12-4-2-3-10)5-11-6-9-7-13-9/h8-9H,2,4-7H2,1H3. The fraction of sp³-hybridized carbons (Fsp3) is 0.889. The zero-order valence-electron chi connectivity index (χ0n) is 7.86. The van der Waals surface area contributed by atoms with Gasteiger partial charge in [-0.15, -0.1) is 0 Å². The van der Waals surface area contributed by atoms with Crippen LogP contribution in [0.5, 0.6) is 0 Å². The van der Waals surface area contributed by atoms with Crippen molar-refractivity contribution in [1.82, 2.24) is 0 Å². The first-order valence-electron chi connectivity index (χ1n) is 4.51. The van der Waals surface area contributed by atoms with Crippen LogP contribution in [-0.4, -0.2) is 38.6 Å². The van der Waals surface area contributed by atoms with Gasteiger partial charge in [-0.3, -0.25) is 0 Å². The minimum atomic E-state index is 0.0621. The third-order valence-electron chi connectivity index (χ3n) is 1.67. The molecule has 0 aromatic carbocycles. The van der Waals surface area contributed by atoms with E-state index in [9.17, 15) is 0 Å². The first-order valence-corrected chi connectivity index (χ1v) is 4.51. The molecule has 1 heterocycles. The molecule has 0 N–H and O–H groups in total. The maximum absolute atomic E-state index is 8.26. The number of rotatable bonds is 7. The Bertz CT molecular complexity index is 174. The van der Waals surface area contributed by atoms with Gasteiger partial charge in [0.25, 0.3) is 0 Å². The Morgan fingerprint density at radius 3 is 3.08 bits per heavy atom. The fourth-order valence-corrected chi connectivity index (χ4v) is 0.884. The molecular weight excluding hydrogens is 170 g/mol. The Morgan fingerprint density at radius 2 is 2.46 bits per heavy atom. The molecule has 13 heavy (non-hydrogen) atoms. The Balaban J connectivity index is 1.84. The van der Waals surface area contributed by atoms with Gasteiger partial charge in [-0.25, -0.2) is 0 Å². The molecule has 0 aromatic rings. The summed E-state index contributed by atoms with van der Waals surface area (Å²) in [5.41, 5.74) is 0. The SMILES string of the molecule is CC(COCC1CO1)OCCC#N. The predicted molar refractivity (Wildman–Crippen MR) is 46.2 cm³/mol. The molecule has 0 spiro atoms. The fourth-order valence-electron chi connectivity index (χ4n) is 0.884. The molecule has 1 saturated heterocycles. The molecule has 74 valence electrons. The van der Waals surface area contributed by atoms with Gasteiger partial charge in [0.1, 0.15) is 6.10 Å². The van der Waals surface area contributed by atoms with Crippen LogP contribution >= 0.6 is 0 Å². The van der Waals surface area contributed by atoms with E-state index in [1.807, 2.05) is 13.0 Å². The third-order valence-corrected chi connectivity index (χ3v) is 1.67. The minimum absolute atomic E-state index is 0.0621. The summed E-state index contributed by atoms with van der Waals surface area (Å²) in [5.74, 6) is 0. The molecule has 0 saturated carbocycles. The lowest BCUT2D eigenvalue weighted by Gasteiger charge is -2.11. The Hall–Kier alpha value is -0.630. The van der Waals surface area contributed by atoms with E-state index in [1.54, 1.807) is 0 Å². The summed E-state index contributed by atoms with van der Waals surface area (Å²) in [6.07, 6.45) is 0.814. The average Bonchev–Trinajstić information content (AvgIpc) is 2.89. The van der Waals surface area contributed by atoms with E-state index in [0.29, 0.717) is 32.3 Å². The van der Waals surface area contributed by atoms with Crippen LogP contribution in [0.1, 0.15) is 13.3 Å². The summed E-state index contributed by atoms with van der Waals surface area (Å²) >= 11 is 0. The van der Waals surface area contributed by atoms with E-state index in [1.165, 1.54) is 0 Å². The van der Waals surface area contributed by atoms with Crippen molar-refractivity contribution in [3.8, 4) is 6.07 Å². The van der Waals surface area contributed by atoms with E-state index >= 15 is 0 Å². The molecule has 0 aliphatic carbocycles. The van der Waals surface area contributed by atoms with E-state index in [2.05, 4.69) is 0 Å². The van der Waals surface area contributed by atoms with Crippen molar-refractivity contribution < 1.29 is 14.2 Å². The molecule has 2 atom stereocenters. The van der Waals surface area contributed by atoms with E-state index in [0.717, 1.165) is 6.61 Å². The maximum Gasteiger partial charge on any atom is 0.104 e. The van der Waals surface area contributed by atoms with Crippen molar-refractivity contribution in [2.45, 2.75) is 25.6 Å². The maximum atomic E-state index is 8.26. The van der Waals surface area contributed by atoms with Gasteiger partial charge in [-0.2, -0.15) is 5.26 Å². The molecule has 0 bridgehead atoms. The van der Waals surface area contributed by atoms with Gasteiger partial charge in [0.2, 0.25) is 0 Å². The summed E-state index contributed by atoms with van der Waals surface area (Å²) in [7, 11) is 0. The average molecular weight is 185 g/mol. The first kappa shape index (κ1) is 10.5. The van der Waals surface area contributed by atoms with E-state index in [4.69, 9.17) is 19.5 Å². The molecule has 2 unspecified atom stereocenters. The summed E-state index contributed by atoms with van der Waals surface area (Å²) < 4.78 is 15.6. The van der Waals surface area contributed by atoms with Gasteiger partial charge in [0.15, 0.2) is 0 Å². The molecule has 1 fully saturated rings. The van der Waals surface area contributed by atoms with Crippen molar-refractivity contribution in [2.75, 3.05) is 26.4 Å². The van der Waals surface area contributed by atoms with Gasteiger partial charge >= 0.3 is 0 Å². The summed E-state index contributed by atoms with van der Waals surface area (Å²) in [5, 5.41) is 8.26. The lowest BCUT2D eigenvalue weighted by Crippen LogP contribution is -2.18. The number of nitrogens with zero attached hydrogens (tertiary/aromatic N) is 1. The number of hydrogen-bond donors (Lipinski definition) is 0. The highest BCUT2D eigenvalue weighted by molar-refractivity contribution is 4.69. The molecule has 1 rings (SSSR count). The largest absolute Gasteiger partial charge is 0.376 e. The van der Waals surface area contributed by atoms with Crippen molar-refractivity contribution in [3.63, 3.8) is 0 Å². The number of nitriles is 1. The van der Waals surface area contributed by atoms with Gasteiger partial charge in [-0.05, 0) is 6.92 Å². The normalized spacial score (nSPS) is 22.3. The first-order chi connectivity index (χ1) is 6.33. The van der Waals surface area contributed by atoms with Crippen molar-refractivity contribution >= 4 is 0 Å². The summed E-state index contributed by atoms with van der Waals surface area (Å²) in [6.45, 7) is 4.48. The highest BCUT2D eigenvalue weighted by Gasteiger charge is 2.22. The monoisotopic (exact) mass is 185 g/mol. The molecule has 0 aromatic heterocycles. The number of epoxide rings is 1. The van der Waals surface area contributed by atoms with Crippen molar-refractivity contribution in [3.05, 3.63) is 0 Å². The second-order valence-electron chi connectivity index (χ2n) is 3.08. The van der Waals surface area contributed by atoms with Crippen LogP contribution in [0.25, 0.3) is 0 Å². The molecular formula is C9H15NO3. The zero-order valence-corrected chi connectivity index (χ0v) is 7.86. The van der Waals surface area contributed by atoms with Crippen LogP contribution in [-0.2, 0) is 14.2 Å². The topological polar surface area (TPSA) is 54.8 Å². The summed E-state index contributed by atoms with van der Waals surface area (Å²) in [6, 6.07) is 2.02. The quantitative estimate of drug-likeness (QED) is 0.433. The minimum Gasteiger partial charge on any atom is -0.376 e. The lowest BCUT2D eigenvalue weighted by atomic mass is 10.4. The Labute approximate surface area is 78.4 Å². The van der Waals surface area contributed by atoms with E-state index < -0.39 is 0 Å². The molecule has 0 radical (unpaired) electrons. The third kappa shape index (κ3) is 5.58. The molecule has 0 amide bonds. The Morgan fingerprint density at radius 1 is 1.69 bits per heavy atom. The van der Waals surface area contributed by atoms with Crippen LogP contribution in [0.15, 0.2) is 0 Å². The van der Waals surface area contributed by atoms with Crippen LogP contribution < -0.4 is 0 Å². The highest BCUT2D eigenvalue weighted by Crippen LogP contribution is 2.08. The summed E-state index contributed by atoms with van der Waals surface area (Å²) in [4.78, 5) is 0. The van der Waals surface area contributed by atoms with Crippen LogP contribution in [0, 0.1) is 11.3 Å². The number of hydrogen-bond acceptors (Lipinski definition) is 4. The van der Waals surface area contributed by atoms with Crippen molar-refractivity contribution in [2.24, 2.45) is 0 Å². The second-order valence-corrected chi connectivity index (χ2v) is 3.08. The van der Waals surface area contributed by atoms with Gasteiger partial charge in [0, 0.05) is 0 Å². The second kappa shape index (κ2) is 5.92. The van der Waals surface area contributed by atoms with Crippen LogP contribution in [0.2, 0.25) is 0 Å². The smallest absolute Gasteiger partial charge is 0.104 e. The molecule has 4 heteroatoms. The Kier molecular flexibility index (Phi) is 4.76. The molecule has 1 aliphatic heterocycles. The van der Waals surface area contributed by atoms with E-state index in [-0.39, 0.29) is 6.10 Å². The molecule has 1 aliphatic rings. The van der Waals surface area contributed by atoms with Gasteiger partial charge < -0.3 is 14.2 Å². The van der Waals surface area contributed by atoms with Crippen molar-refractivity contribution in [1.29, 1.82) is 5.26 Å². The van der Waals surface area contributed by atoms with Gasteiger partial charge in [0.05, 0.1) is 45.0 Å². The van der Waals surface area contributed by atoms with Crippen LogP contribution in [0.4, 0.5) is 0 Å². The molecule has 4 nitrogen and oxygen atoms in total. The highest BCUT2D eigenvalue weighted by atomic mass is 16.6. The lowest BCUT2D eigenvalue weighted by molar-refractivity contribution is -0.00792. The zero-order chi connectivity index (χ0) is 9.52. The van der Waals surface area contributed by atoms with Crippen LogP contribution in [0.3, 0.4) is 0 Å².